The summed E-state index contributed by atoms with van der Waals surface area (Å²) in [5.41, 5.74) is 0.480. The maximum atomic E-state index is 13.3. The molecule has 28 heavy (non-hydrogen) atoms. The van der Waals surface area contributed by atoms with Crippen molar-refractivity contribution in [2.75, 3.05) is 20.2 Å². The Labute approximate surface area is 163 Å². The molecule has 0 saturated carbocycles. The largest absolute Gasteiger partial charge is 0.473 e. The normalized spacial score (nSPS) is 18.1. The van der Waals surface area contributed by atoms with Crippen molar-refractivity contribution in [3.63, 3.8) is 0 Å². The molecule has 0 amide bonds. The van der Waals surface area contributed by atoms with E-state index >= 15 is 0 Å². The number of sulfonamides is 1. The summed E-state index contributed by atoms with van der Waals surface area (Å²) in [6.07, 6.45) is 4.29. The number of piperidine rings is 1. The quantitative estimate of drug-likeness (QED) is 0.648. The SMILES string of the molecule is COc1nccc(OC2CCCN(S(=O)(=O)c3cccc4cccnc34)C2)n1. The highest BCUT2D eigenvalue weighted by atomic mass is 32.2. The van der Waals surface area contributed by atoms with Crippen molar-refractivity contribution in [1.82, 2.24) is 19.3 Å². The number of methoxy groups -OCH3 is 1. The van der Waals surface area contributed by atoms with Crippen LogP contribution in [0.3, 0.4) is 0 Å². The number of nitrogens with zero attached hydrogens (tertiary/aromatic N) is 4. The van der Waals surface area contributed by atoms with Crippen LogP contribution in [0.4, 0.5) is 0 Å². The van der Waals surface area contributed by atoms with E-state index in [1.54, 1.807) is 36.7 Å². The van der Waals surface area contributed by atoms with Gasteiger partial charge in [-0.05, 0) is 25.0 Å². The van der Waals surface area contributed by atoms with Crippen molar-refractivity contribution in [3.8, 4) is 11.9 Å². The number of rotatable bonds is 5. The highest BCUT2D eigenvalue weighted by Gasteiger charge is 2.32. The van der Waals surface area contributed by atoms with Gasteiger partial charge in [0.25, 0.3) is 0 Å². The van der Waals surface area contributed by atoms with Gasteiger partial charge in [0.2, 0.25) is 15.9 Å². The molecule has 8 nitrogen and oxygen atoms in total. The molecular weight excluding hydrogens is 380 g/mol. The fraction of sp³-hybridized carbons (Fsp3) is 0.316. The van der Waals surface area contributed by atoms with E-state index < -0.39 is 10.0 Å². The summed E-state index contributed by atoms with van der Waals surface area (Å²) >= 11 is 0. The van der Waals surface area contributed by atoms with Gasteiger partial charge in [-0.15, -0.1) is 0 Å². The number of para-hydroxylation sites is 1. The van der Waals surface area contributed by atoms with E-state index in [1.165, 1.54) is 11.4 Å². The highest BCUT2D eigenvalue weighted by molar-refractivity contribution is 7.89. The van der Waals surface area contributed by atoms with E-state index in [0.29, 0.717) is 24.4 Å². The third kappa shape index (κ3) is 3.63. The summed E-state index contributed by atoms with van der Waals surface area (Å²) in [6.45, 7) is 0.691. The summed E-state index contributed by atoms with van der Waals surface area (Å²) in [5.74, 6) is 0.364. The number of pyridine rings is 1. The molecular formula is C19H20N4O4S. The molecule has 0 aliphatic carbocycles. The molecule has 3 heterocycles. The van der Waals surface area contributed by atoms with Crippen LogP contribution in [0.1, 0.15) is 12.8 Å². The molecule has 1 saturated heterocycles. The third-order valence-electron chi connectivity index (χ3n) is 4.63. The molecule has 1 fully saturated rings. The van der Waals surface area contributed by atoms with E-state index in [-0.39, 0.29) is 23.6 Å². The average molecular weight is 400 g/mol. The fourth-order valence-corrected chi connectivity index (χ4v) is 4.98. The van der Waals surface area contributed by atoms with Gasteiger partial charge in [0.15, 0.2) is 0 Å². The Kier molecular flexibility index (Phi) is 5.10. The van der Waals surface area contributed by atoms with Crippen LogP contribution >= 0.6 is 0 Å². The zero-order chi connectivity index (χ0) is 19.6. The second-order valence-corrected chi connectivity index (χ2v) is 8.36. The molecule has 0 spiro atoms. The minimum Gasteiger partial charge on any atom is -0.473 e. The minimum absolute atomic E-state index is 0.208. The number of ether oxygens (including phenoxy) is 2. The standard InChI is InChI=1S/C19H20N4O4S/c1-26-19-21-11-9-17(22-19)27-15-7-4-12-23(13-15)28(24,25)16-8-2-5-14-6-3-10-20-18(14)16/h2-3,5-6,8-11,15H,4,7,12-13H2,1H3. The lowest BCUT2D eigenvalue weighted by molar-refractivity contribution is 0.123. The van der Waals surface area contributed by atoms with Crippen LogP contribution in [0.25, 0.3) is 10.9 Å². The lowest BCUT2D eigenvalue weighted by Gasteiger charge is -2.32. The molecule has 146 valence electrons. The van der Waals surface area contributed by atoms with Crippen LogP contribution in [-0.4, -0.2) is 54.0 Å². The summed E-state index contributed by atoms with van der Waals surface area (Å²) in [7, 11) is -2.21. The van der Waals surface area contributed by atoms with Gasteiger partial charge < -0.3 is 9.47 Å². The van der Waals surface area contributed by atoms with Crippen molar-refractivity contribution in [2.45, 2.75) is 23.8 Å². The number of aromatic nitrogens is 3. The van der Waals surface area contributed by atoms with Crippen LogP contribution in [0.2, 0.25) is 0 Å². The second kappa shape index (κ2) is 7.69. The first kappa shape index (κ1) is 18.6. The molecule has 0 radical (unpaired) electrons. The zero-order valence-corrected chi connectivity index (χ0v) is 16.2. The van der Waals surface area contributed by atoms with Gasteiger partial charge in [-0.1, -0.05) is 18.2 Å². The van der Waals surface area contributed by atoms with Crippen molar-refractivity contribution in [1.29, 1.82) is 0 Å². The van der Waals surface area contributed by atoms with Crippen molar-refractivity contribution in [3.05, 3.63) is 48.8 Å². The molecule has 1 aromatic carbocycles. The zero-order valence-electron chi connectivity index (χ0n) is 15.4. The molecule has 4 rings (SSSR count). The van der Waals surface area contributed by atoms with E-state index in [1.807, 2.05) is 12.1 Å². The molecule has 0 N–H and O–H groups in total. The first-order chi connectivity index (χ1) is 13.6. The molecule has 1 atom stereocenters. The maximum absolute atomic E-state index is 13.3. The topological polar surface area (TPSA) is 94.5 Å². The van der Waals surface area contributed by atoms with Gasteiger partial charge in [0, 0.05) is 30.4 Å². The van der Waals surface area contributed by atoms with Crippen LogP contribution in [-0.2, 0) is 10.0 Å². The Balaban J connectivity index is 1.58. The van der Waals surface area contributed by atoms with Gasteiger partial charge >= 0.3 is 6.01 Å². The predicted octanol–water partition coefficient (Wildman–Crippen LogP) is 2.27. The fourth-order valence-electron chi connectivity index (χ4n) is 3.30. The summed E-state index contributed by atoms with van der Waals surface area (Å²) in [6, 6.07) is 10.7. The maximum Gasteiger partial charge on any atom is 0.319 e. The van der Waals surface area contributed by atoms with Gasteiger partial charge in [-0.3, -0.25) is 4.98 Å². The smallest absolute Gasteiger partial charge is 0.319 e. The van der Waals surface area contributed by atoms with Gasteiger partial charge in [0.05, 0.1) is 19.2 Å². The molecule has 0 bridgehead atoms. The van der Waals surface area contributed by atoms with Crippen molar-refractivity contribution in [2.24, 2.45) is 0 Å². The molecule has 9 heteroatoms. The van der Waals surface area contributed by atoms with Crippen molar-refractivity contribution >= 4 is 20.9 Å². The first-order valence-corrected chi connectivity index (χ1v) is 10.4. The minimum atomic E-state index is -3.69. The van der Waals surface area contributed by atoms with Crippen LogP contribution in [0, 0.1) is 0 Å². The number of hydrogen-bond donors (Lipinski definition) is 0. The Morgan fingerprint density at radius 1 is 1.11 bits per heavy atom. The van der Waals surface area contributed by atoms with Gasteiger partial charge in [0.1, 0.15) is 11.0 Å². The van der Waals surface area contributed by atoms with Crippen LogP contribution < -0.4 is 9.47 Å². The lowest BCUT2D eigenvalue weighted by atomic mass is 10.1. The Hall–Kier alpha value is -2.78. The van der Waals surface area contributed by atoms with E-state index in [2.05, 4.69) is 15.0 Å². The number of hydrogen-bond acceptors (Lipinski definition) is 7. The van der Waals surface area contributed by atoms with E-state index in [9.17, 15) is 8.42 Å². The molecule has 3 aromatic rings. The van der Waals surface area contributed by atoms with Crippen LogP contribution in [0.15, 0.2) is 53.7 Å². The molecule has 1 unspecified atom stereocenters. The van der Waals surface area contributed by atoms with Gasteiger partial charge in [-0.2, -0.15) is 9.29 Å². The molecule has 2 aromatic heterocycles. The Morgan fingerprint density at radius 3 is 2.82 bits per heavy atom. The third-order valence-corrected chi connectivity index (χ3v) is 6.53. The summed E-state index contributed by atoms with van der Waals surface area (Å²) < 4.78 is 38.9. The summed E-state index contributed by atoms with van der Waals surface area (Å²) in [4.78, 5) is 12.6. The monoisotopic (exact) mass is 400 g/mol. The van der Waals surface area contributed by atoms with Crippen LogP contribution in [0.5, 0.6) is 11.9 Å². The molecule has 1 aliphatic rings. The second-order valence-electron chi connectivity index (χ2n) is 6.46. The Bertz CT molecular complexity index is 1080. The highest BCUT2D eigenvalue weighted by Crippen LogP contribution is 2.27. The number of fused-ring (bicyclic) bond motifs is 1. The van der Waals surface area contributed by atoms with E-state index in [4.69, 9.17) is 9.47 Å². The lowest BCUT2D eigenvalue weighted by Crippen LogP contribution is -2.44. The van der Waals surface area contributed by atoms with Gasteiger partial charge in [-0.25, -0.2) is 13.4 Å². The first-order valence-electron chi connectivity index (χ1n) is 8.95. The summed E-state index contributed by atoms with van der Waals surface area (Å²) in [5, 5.41) is 0.793. The average Bonchev–Trinajstić information content (AvgIpc) is 2.73. The van der Waals surface area contributed by atoms with E-state index in [0.717, 1.165) is 11.8 Å². The predicted molar refractivity (Wildman–Crippen MR) is 103 cm³/mol. The Morgan fingerprint density at radius 2 is 1.96 bits per heavy atom. The molecule has 1 aliphatic heterocycles. The van der Waals surface area contributed by atoms with Crippen molar-refractivity contribution < 1.29 is 17.9 Å². The number of benzene rings is 1.